The first-order valence-corrected chi connectivity index (χ1v) is 13.3. The molecule has 0 spiro atoms. The number of halogens is 1. The number of nitriles is 1. The highest BCUT2D eigenvalue weighted by Crippen LogP contribution is 2.30. The predicted octanol–water partition coefficient (Wildman–Crippen LogP) is 6.10. The van der Waals surface area contributed by atoms with E-state index in [-0.39, 0.29) is 5.56 Å². The predicted molar refractivity (Wildman–Crippen MR) is 138 cm³/mol. The van der Waals surface area contributed by atoms with Gasteiger partial charge in [-0.3, -0.25) is 0 Å². The second kappa shape index (κ2) is 10.5. The zero-order valence-corrected chi connectivity index (χ0v) is 20.2. The smallest absolute Gasteiger partial charge is 0.149 e. The van der Waals surface area contributed by atoms with Gasteiger partial charge in [-0.1, -0.05) is 25.3 Å². The van der Waals surface area contributed by atoms with E-state index < -0.39 is 5.82 Å². The Morgan fingerprint density at radius 3 is 2.44 bits per heavy atom. The van der Waals surface area contributed by atoms with E-state index >= 15 is 0 Å². The first kappa shape index (κ1) is 22.8. The molecule has 0 atom stereocenters. The molecule has 1 aliphatic heterocycles. The molecule has 7 heteroatoms. The first-order chi connectivity index (χ1) is 16.7. The minimum atomic E-state index is -0.511. The number of hydrogen-bond donors (Lipinski definition) is 1. The maximum atomic E-state index is 14.5. The highest BCUT2D eigenvalue weighted by atomic mass is 32.2. The monoisotopic (exact) mass is 475 g/mol. The van der Waals surface area contributed by atoms with Gasteiger partial charge >= 0.3 is 0 Å². The van der Waals surface area contributed by atoms with Crippen LogP contribution in [0.5, 0.6) is 0 Å². The fourth-order valence-electron chi connectivity index (χ4n) is 4.90. The maximum absolute atomic E-state index is 14.5. The molecule has 176 valence electrons. The molecule has 2 fully saturated rings. The van der Waals surface area contributed by atoms with Gasteiger partial charge in [-0.05, 0) is 55.2 Å². The fraction of sp³-hybridized carbons (Fsp3) is 0.407. The molecule has 0 bridgehead atoms. The van der Waals surface area contributed by atoms with Crippen LogP contribution in [-0.4, -0.2) is 40.9 Å². The Labute approximate surface area is 205 Å². The molecule has 1 saturated carbocycles. The lowest BCUT2D eigenvalue weighted by Gasteiger charge is -2.28. The Balaban J connectivity index is 1.44. The molecule has 2 aliphatic rings. The molecule has 5 rings (SSSR count). The lowest BCUT2D eigenvalue weighted by Crippen LogP contribution is -2.32. The molecule has 1 N–H and O–H groups in total. The Morgan fingerprint density at radius 1 is 1.00 bits per heavy atom. The number of anilines is 2. The van der Waals surface area contributed by atoms with Crippen LogP contribution in [0.4, 0.5) is 15.9 Å². The van der Waals surface area contributed by atoms with Gasteiger partial charge in [0.2, 0.25) is 0 Å². The summed E-state index contributed by atoms with van der Waals surface area (Å²) in [5, 5.41) is 17.5. The van der Waals surface area contributed by atoms with Crippen LogP contribution in [0.3, 0.4) is 0 Å². The van der Waals surface area contributed by atoms with Gasteiger partial charge in [-0.15, -0.1) is 5.10 Å². The zero-order chi connectivity index (χ0) is 23.3. The molecule has 2 aromatic carbocycles. The topological polar surface area (TPSA) is 56.9 Å². The van der Waals surface area contributed by atoms with Gasteiger partial charge in [-0.2, -0.15) is 17.0 Å². The lowest BCUT2D eigenvalue weighted by molar-refractivity contribution is 0.373. The van der Waals surface area contributed by atoms with Crippen molar-refractivity contribution in [2.24, 2.45) is 5.92 Å². The summed E-state index contributed by atoms with van der Waals surface area (Å²) < 4.78 is 16.3. The quantitative estimate of drug-likeness (QED) is 0.467. The van der Waals surface area contributed by atoms with E-state index in [4.69, 9.17) is 10.4 Å². The lowest BCUT2D eigenvalue weighted by atomic mass is 9.89. The molecular formula is C27H30FN5S. The number of hydrogen-bond acceptors (Lipinski definition) is 5. The van der Waals surface area contributed by atoms with Crippen molar-refractivity contribution in [2.45, 2.75) is 32.1 Å². The number of benzene rings is 2. The van der Waals surface area contributed by atoms with Crippen LogP contribution in [0.25, 0.3) is 16.9 Å². The van der Waals surface area contributed by atoms with Gasteiger partial charge < -0.3 is 10.2 Å². The highest BCUT2D eigenvalue weighted by molar-refractivity contribution is 7.99. The van der Waals surface area contributed by atoms with E-state index in [1.54, 1.807) is 6.07 Å². The molecule has 0 radical (unpaired) electrons. The van der Waals surface area contributed by atoms with Crippen LogP contribution in [0.1, 0.15) is 37.7 Å². The second-order valence-electron chi connectivity index (χ2n) is 9.13. The summed E-state index contributed by atoms with van der Waals surface area (Å²) in [6, 6.07) is 17.1. The summed E-state index contributed by atoms with van der Waals surface area (Å²) in [7, 11) is 0. The Morgan fingerprint density at radius 2 is 1.74 bits per heavy atom. The van der Waals surface area contributed by atoms with Gasteiger partial charge in [0.1, 0.15) is 17.7 Å². The molecule has 34 heavy (non-hydrogen) atoms. The van der Waals surface area contributed by atoms with E-state index in [2.05, 4.69) is 34.5 Å². The third-order valence-corrected chi connectivity index (χ3v) is 7.80. The highest BCUT2D eigenvalue weighted by Gasteiger charge is 2.17. The van der Waals surface area contributed by atoms with Crippen molar-refractivity contribution in [1.29, 1.82) is 5.26 Å². The first-order valence-electron chi connectivity index (χ1n) is 12.2. The number of aromatic nitrogens is 2. The van der Waals surface area contributed by atoms with Crippen LogP contribution in [-0.2, 0) is 0 Å². The van der Waals surface area contributed by atoms with E-state index in [0.29, 0.717) is 11.5 Å². The van der Waals surface area contributed by atoms with Crippen LogP contribution in [0.2, 0.25) is 0 Å². The Hall–Kier alpha value is -2.98. The summed E-state index contributed by atoms with van der Waals surface area (Å²) in [6.07, 6.45) is 6.47. The third kappa shape index (κ3) is 5.07. The van der Waals surface area contributed by atoms with Gasteiger partial charge in [-0.25, -0.2) is 9.07 Å². The summed E-state index contributed by atoms with van der Waals surface area (Å²) in [6.45, 7) is 3.04. The van der Waals surface area contributed by atoms with Crippen molar-refractivity contribution in [3.8, 4) is 23.0 Å². The molecule has 1 aromatic heterocycles. The molecule has 2 heterocycles. The molecule has 5 nitrogen and oxygen atoms in total. The van der Waals surface area contributed by atoms with Gasteiger partial charge in [0.25, 0.3) is 0 Å². The van der Waals surface area contributed by atoms with Crippen molar-refractivity contribution < 1.29 is 4.39 Å². The SMILES string of the molecule is N#Cc1ccc(-c2cc(NCC3CCCCC3)nn2-c2ccc(N3CCSCC3)cc2)cc1F. The second-order valence-corrected chi connectivity index (χ2v) is 10.4. The Kier molecular flexibility index (Phi) is 7.05. The summed E-state index contributed by atoms with van der Waals surface area (Å²) >= 11 is 2.00. The van der Waals surface area contributed by atoms with E-state index in [1.807, 2.05) is 28.6 Å². The Bertz CT molecular complexity index is 1150. The summed E-state index contributed by atoms with van der Waals surface area (Å²) in [4.78, 5) is 2.41. The summed E-state index contributed by atoms with van der Waals surface area (Å²) in [5.74, 6) is 3.28. The van der Waals surface area contributed by atoms with Crippen LogP contribution in [0, 0.1) is 23.1 Å². The average Bonchev–Trinajstić information content (AvgIpc) is 3.33. The minimum absolute atomic E-state index is 0.0505. The largest absolute Gasteiger partial charge is 0.370 e. The molecular weight excluding hydrogens is 445 g/mol. The van der Waals surface area contributed by atoms with Crippen LogP contribution >= 0.6 is 11.8 Å². The van der Waals surface area contributed by atoms with Gasteiger partial charge in [0, 0.05) is 48.5 Å². The third-order valence-electron chi connectivity index (χ3n) is 6.86. The number of nitrogens with zero attached hydrogens (tertiary/aromatic N) is 4. The maximum Gasteiger partial charge on any atom is 0.149 e. The zero-order valence-electron chi connectivity index (χ0n) is 19.3. The number of thioether (sulfide) groups is 1. The van der Waals surface area contributed by atoms with Crippen LogP contribution < -0.4 is 10.2 Å². The van der Waals surface area contributed by atoms with Gasteiger partial charge in [0.15, 0.2) is 0 Å². The molecule has 1 saturated heterocycles. The fourth-order valence-corrected chi connectivity index (χ4v) is 5.80. The average molecular weight is 476 g/mol. The molecule has 3 aromatic rings. The van der Waals surface area contributed by atoms with Gasteiger partial charge in [0.05, 0.1) is 16.9 Å². The number of nitrogens with one attached hydrogen (secondary N) is 1. The van der Waals surface area contributed by atoms with Crippen molar-refractivity contribution in [3.05, 3.63) is 59.9 Å². The normalized spacial score (nSPS) is 16.9. The van der Waals surface area contributed by atoms with Crippen LogP contribution in [0.15, 0.2) is 48.5 Å². The molecule has 0 amide bonds. The van der Waals surface area contributed by atoms with Crippen molar-refractivity contribution >= 4 is 23.3 Å². The number of rotatable bonds is 6. The van der Waals surface area contributed by atoms with Crippen molar-refractivity contribution in [2.75, 3.05) is 41.4 Å². The molecule has 1 aliphatic carbocycles. The van der Waals surface area contributed by atoms with Crippen molar-refractivity contribution in [3.63, 3.8) is 0 Å². The van der Waals surface area contributed by atoms with E-state index in [0.717, 1.165) is 48.3 Å². The van der Waals surface area contributed by atoms with Crippen molar-refractivity contribution in [1.82, 2.24) is 9.78 Å². The van der Waals surface area contributed by atoms with E-state index in [1.165, 1.54) is 49.9 Å². The standard InChI is InChI=1S/C27H30FN5S/c28-25-16-21(6-7-22(25)18-29)26-17-27(30-19-20-4-2-1-3-5-20)31-33(26)24-10-8-23(9-11-24)32-12-14-34-15-13-32/h6-11,16-17,20H,1-5,12-15,19H2,(H,30,31). The molecule has 0 unspecified atom stereocenters. The summed E-state index contributed by atoms with van der Waals surface area (Å²) in [5.41, 5.74) is 3.71. The van der Waals surface area contributed by atoms with E-state index in [9.17, 15) is 4.39 Å². The minimum Gasteiger partial charge on any atom is -0.370 e.